The number of nitrogens with zero attached hydrogens (tertiary/aromatic N) is 4. The molecule has 208 valence electrons. The zero-order valence-corrected chi connectivity index (χ0v) is 24.4. The standard InChI is InChI=1S/C29H42N4O4S/c1-18-7-9-19(10-8-18)27(34)33(22-17-23(29(2,3)4)38-26(22)28(35)36)20-11-13-21(14-12-20)37-25-16-15-24(30-31-25)32(5)6/h15-21H,7-14H2,1-6H3,(H,35,36)/t18-,19-,20-,21-. The van der Waals surface area contributed by atoms with Gasteiger partial charge in [-0.3, -0.25) is 4.79 Å². The van der Waals surface area contributed by atoms with Gasteiger partial charge in [-0.05, 0) is 74.8 Å². The van der Waals surface area contributed by atoms with Gasteiger partial charge < -0.3 is 19.6 Å². The Morgan fingerprint density at radius 1 is 1.00 bits per heavy atom. The molecule has 2 heterocycles. The number of hydrogen-bond acceptors (Lipinski definition) is 7. The van der Waals surface area contributed by atoms with Gasteiger partial charge in [0.2, 0.25) is 11.8 Å². The largest absolute Gasteiger partial charge is 0.477 e. The Kier molecular flexibility index (Phi) is 8.65. The van der Waals surface area contributed by atoms with Crippen LogP contribution in [0.5, 0.6) is 5.88 Å². The number of carbonyl (C=O) groups excluding carboxylic acids is 1. The van der Waals surface area contributed by atoms with Gasteiger partial charge in [-0.25, -0.2) is 4.79 Å². The molecular formula is C29H42N4O4S. The van der Waals surface area contributed by atoms with Crippen molar-refractivity contribution in [2.75, 3.05) is 23.9 Å². The minimum atomic E-state index is -0.965. The highest BCUT2D eigenvalue weighted by atomic mass is 32.1. The van der Waals surface area contributed by atoms with E-state index in [9.17, 15) is 14.7 Å². The van der Waals surface area contributed by atoms with Crippen molar-refractivity contribution in [1.82, 2.24) is 10.2 Å². The molecule has 0 unspecified atom stereocenters. The van der Waals surface area contributed by atoms with Crippen molar-refractivity contribution in [2.24, 2.45) is 11.8 Å². The molecule has 9 heteroatoms. The van der Waals surface area contributed by atoms with Crippen LogP contribution in [0.4, 0.5) is 11.5 Å². The van der Waals surface area contributed by atoms with E-state index >= 15 is 0 Å². The molecular weight excluding hydrogens is 500 g/mol. The van der Waals surface area contributed by atoms with Gasteiger partial charge in [0, 0.05) is 37.0 Å². The molecule has 0 radical (unpaired) electrons. The fourth-order valence-corrected chi connectivity index (χ4v) is 6.53. The average Bonchev–Trinajstić information content (AvgIpc) is 3.32. The highest BCUT2D eigenvalue weighted by Crippen LogP contribution is 2.42. The monoisotopic (exact) mass is 542 g/mol. The maximum atomic E-state index is 14.1. The van der Waals surface area contributed by atoms with Gasteiger partial charge in [-0.2, -0.15) is 0 Å². The van der Waals surface area contributed by atoms with E-state index in [-0.39, 0.29) is 34.3 Å². The van der Waals surface area contributed by atoms with Gasteiger partial charge in [-0.15, -0.1) is 21.5 Å². The van der Waals surface area contributed by atoms with Crippen molar-refractivity contribution in [3.8, 4) is 5.88 Å². The molecule has 0 saturated heterocycles. The van der Waals surface area contributed by atoms with E-state index in [2.05, 4.69) is 37.9 Å². The fraction of sp³-hybridized carbons (Fsp3) is 0.655. The summed E-state index contributed by atoms with van der Waals surface area (Å²) in [6.45, 7) is 8.49. The highest BCUT2D eigenvalue weighted by Gasteiger charge is 2.38. The lowest BCUT2D eigenvalue weighted by Gasteiger charge is -2.39. The van der Waals surface area contributed by atoms with Crippen molar-refractivity contribution in [3.05, 3.63) is 28.0 Å². The number of carbonyl (C=O) groups is 2. The highest BCUT2D eigenvalue weighted by molar-refractivity contribution is 7.14. The van der Waals surface area contributed by atoms with Gasteiger partial charge in [0.25, 0.3) is 0 Å². The maximum Gasteiger partial charge on any atom is 0.348 e. The Balaban J connectivity index is 1.56. The van der Waals surface area contributed by atoms with Gasteiger partial charge in [0.05, 0.1) is 5.69 Å². The molecule has 38 heavy (non-hydrogen) atoms. The number of aromatic nitrogens is 2. The molecule has 4 rings (SSSR count). The molecule has 0 aromatic carbocycles. The molecule has 2 aromatic heterocycles. The Labute approximate surface area is 230 Å². The van der Waals surface area contributed by atoms with Crippen LogP contribution in [0.3, 0.4) is 0 Å². The second kappa shape index (κ2) is 11.6. The number of anilines is 2. The number of carboxylic acids is 1. The van der Waals surface area contributed by atoms with Crippen LogP contribution in [-0.2, 0) is 10.2 Å². The van der Waals surface area contributed by atoms with E-state index in [4.69, 9.17) is 4.74 Å². The summed E-state index contributed by atoms with van der Waals surface area (Å²) < 4.78 is 6.14. The molecule has 2 aliphatic rings. The predicted molar refractivity (Wildman–Crippen MR) is 152 cm³/mol. The molecule has 0 bridgehead atoms. The topological polar surface area (TPSA) is 95.9 Å². The van der Waals surface area contributed by atoms with Crippen LogP contribution in [0, 0.1) is 11.8 Å². The summed E-state index contributed by atoms with van der Waals surface area (Å²) in [5, 5.41) is 18.5. The summed E-state index contributed by atoms with van der Waals surface area (Å²) >= 11 is 1.30. The summed E-state index contributed by atoms with van der Waals surface area (Å²) in [6.07, 6.45) is 6.86. The first-order valence-corrected chi connectivity index (χ1v) is 14.6. The molecule has 0 spiro atoms. The minimum Gasteiger partial charge on any atom is -0.477 e. The van der Waals surface area contributed by atoms with Gasteiger partial charge >= 0.3 is 5.97 Å². The Hall–Kier alpha value is -2.68. The van der Waals surface area contributed by atoms with Crippen LogP contribution in [0.2, 0.25) is 0 Å². The summed E-state index contributed by atoms with van der Waals surface area (Å²) in [7, 11) is 3.83. The van der Waals surface area contributed by atoms with Gasteiger partial charge in [-0.1, -0.05) is 27.7 Å². The maximum absolute atomic E-state index is 14.1. The Morgan fingerprint density at radius 3 is 2.18 bits per heavy atom. The predicted octanol–water partition coefficient (Wildman–Crippen LogP) is 6.15. The summed E-state index contributed by atoms with van der Waals surface area (Å²) in [5.41, 5.74) is 0.377. The number of amides is 1. The van der Waals surface area contributed by atoms with Crippen LogP contribution in [0.25, 0.3) is 0 Å². The number of ether oxygens (including phenoxy) is 1. The molecule has 0 aliphatic heterocycles. The van der Waals surface area contributed by atoms with E-state index in [1.165, 1.54) is 11.3 Å². The number of thiophene rings is 1. The third-order valence-corrected chi connectivity index (χ3v) is 9.43. The molecule has 2 aliphatic carbocycles. The van der Waals surface area contributed by atoms with Crippen LogP contribution >= 0.6 is 11.3 Å². The minimum absolute atomic E-state index is 0.00945. The number of hydrogen-bond donors (Lipinski definition) is 1. The van der Waals surface area contributed by atoms with Crippen LogP contribution in [-0.4, -0.2) is 53.4 Å². The summed E-state index contributed by atoms with van der Waals surface area (Å²) in [5.74, 6) is 0.985. The van der Waals surface area contributed by atoms with Crippen molar-refractivity contribution in [3.63, 3.8) is 0 Å². The van der Waals surface area contributed by atoms with Crippen LogP contribution < -0.4 is 14.5 Å². The van der Waals surface area contributed by atoms with E-state index in [1.807, 2.05) is 42.1 Å². The molecule has 2 saturated carbocycles. The third-order valence-electron chi connectivity index (χ3n) is 7.89. The van der Waals surface area contributed by atoms with Gasteiger partial charge in [0.15, 0.2) is 5.82 Å². The summed E-state index contributed by atoms with van der Waals surface area (Å²) in [4.78, 5) is 31.4. The molecule has 2 aromatic rings. The van der Waals surface area contributed by atoms with Crippen molar-refractivity contribution in [1.29, 1.82) is 0 Å². The van der Waals surface area contributed by atoms with Crippen molar-refractivity contribution in [2.45, 2.75) is 96.6 Å². The lowest BCUT2D eigenvalue weighted by Crippen LogP contribution is -2.47. The first-order chi connectivity index (χ1) is 17.9. The molecule has 0 atom stereocenters. The first-order valence-electron chi connectivity index (χ1n) is 13.8. The Bertz CT molecular complexity index is 1110. The van der Waals surface area contributed by atoms with Crippen molar-refractivity contribution >= 4 is 34.7 Å². The molecule has 8 nitrogen and oxygen atoms in total. The average molecular weight is 543 g/mol. The molecule has 1 N–H and O–H groups in total. The number of carboxylic acid groups (broad SMARTS) is 1. The van der Waals surface area contributed by atoms with Crippen LogP contribution in [0.1, 0.15) is 93.6 Å². The lowest BCUT2D eigenvalue weighted by atomic mass is 9.81. The SMILES string of the molecule is CN(C)c1ccc(O[C@H]2CC[C@H](N(c3cc(C(C)(C)C)sc3C(=O)O)C(=O)[C@H]3CC[C@H](C)CC3)CC2)nn1. The second-order valence-corrected chi connectivity index (χ2v) is 13.3. The smallest absolute Gasteiger partial charge is 0.348 e. The number of aromatic carboxylic acids is 1. The number of rotatable bonds is 7. The zero-order valence-electron chi connectivity index (χ0n) is 23.6. The van der Waals surface area contributed by atoms with E-state index < -0.39 is 5.97 Å². The van der Waals surface area contributed by atoms with E-state index in [0.29, 0.717) is 17.5 Å². The third kappa shape index (κ3) is 6.47. The second-order valence-electron chi connectivity index (χ2n) is 12.2. The zero-order chi connectivity index (χ0) is 27.6. The molecule has 1 amide bonds. The van der Waals surface area contributed by atoms with Crippen LogP contribution in [0.15, 0.2) is 18.2 Å². The van der Waals surface area contributed by atoms with E-state index in [0.717, 1.165) is 62.1 Å². The lowest BCUT2D eigenvalue weighted by molar-refractivity contribution is -0.124. The molecule has 2 fully saturated rings. The Morgan fingerprint density at radius 2 is 1.66 bits per heavy atom. The fourth-order valence-electron chi connectivity index (χ4n) is 5.49. The summed E-state index contributed by atoms with van der Waals surface area (Å²) in [6, 6.07) is 5.63. The normalized spacial score (nSPS) is 24.1. The quantitative estimate of drug-likeness (QED) is 0.448. The van der Waals surface area contributed by atoms with Gasteiger partial charge in [0.1, 0.15) is 11.0 Å². The first kappa shape index (κ1) is 28.3. The van der Waals surface area contributed by atoms with E-state index in [1.54, 1.807) is 0 Å². The van der Waals surface area contributed by atoms with Crippen molar-refractivity contribution < 1.29 is 19.4 Å².